The molecule has 112 valence electrons. The van der Waals surface area contributed by atoms with Gasteiger partial charge < -0.3 is 10.1 Å². The van der Waals surface area contributed by atoms with Crippen LogP contribution in [-0.4, -0.2) is 12.6 Å². The first kappa shape index (κ1) is 15.4. The maximum Gasteiger partial charge on any atom is 0.124 e. The molecule has 0 aromatic heterocycles. The third-order valence-corrected chi connectivity index (χ3v) is 4.10. The molecule has 2 nitrogen and oxygen atoms in total. The van der Waals surface area contributed by atoms with E-state index >= 15 is 0 Å². The fourth-order valence-corrected chi connectivity index (χ4v) is 2.98. The smallest absolute Gasteiger partial charge is 0.124 e. The van der Waals surface area contributed by atoms with Crippen LogP contribution in [0, 0.1) is 6.92 Å². The minimum atomic E-state index is 0.381. The molecule has 1 aliphatic rings. The SMILES string of the molecule is CCCCCC1CC(NCCC)c2cc(C)ccc2O1. The molecule has 0 spiro atoms. The summed E-state index contributed by atoms with van der Waals surface area (Å²) in [6.45, 7) is 7.72. The molecular weight excluding hydrogens is 246 g/mol. The van der Waals surface area contributed by atoms with Gasteiger partial charge in [-0.1, -0.05) is 44.4 Å². The van der Waals surface area contributed by atoms with Crippen molar-refractivity contribution >= 4 is 0 Å². The fourth-order valence-electron chi connectivity index (χ4n) is 2.98. The van der Waals surface area contributed by atoms with Crippen LogP contribution in [-0.2, 0) is 0 Å². The highest BCUT2D eigenvalue weighted by atomic mass is 16.5. The Morgan fingerprint density at radius 1 is 1.20 bits per heavy atom. The molecule has 0 amide bonds. The zero-order valence-electron chi connectivity index (χ0n) is 13.2. The quantitative estimate of drug-likeness (QED) is 0.724. The van der Waals surface area contributed by atoms with Gasteiger partial charge in [-0.2, -0.15) is 0 Å². The minimum absolute atomic E-state index is 0.381. The van der Waals surface area contributed by atoms with Crippen LogP contribution >= 0.6 is 0 Å². The molecule has 0 saturated heterocycles. The highest BCUT2D eigenvalue weighted by Gasteiger charge is 2.27. The van der Waals surface area contributed by atoms with E-state index in [1.807, 2.05) is 0 Å². The topological polar surface area (TPSA) is 21.3 Å². The van der Waals surface area contributed by atoms with Crippen LogP contribution in [0.1, 0.15) is 69.5 Å². The van der Waals surface area contributed by atoms with Gasteiger partial charge in [0.25, 0.3) is 0 Å². The summed E-state index contributed by atoms with van der Waals surface area (Å²) in [4.78, 5) is 0. The van der Waals surface area contributed by atoms with Crippen molar-refractivity contribution in [2.75, 3.05) is 6.54 Å². The first-order valence-corrected chi connectivity index (χ1v) is 8.25. The van der Waals surface area contributed by atoms with Crippen molar-refractivity contribution in [3.63, 3.8) is 0 Å². The molecule has 0 saturated carbocycles. The fraction of sp³-hybridized carbons (Fsp3) is 0.667. The van der Waals surface area contributed by atoms with Crippen LogP contribution in [0.25, 0.3) is 0 Å². The summed E-state index contributed by atoms with van der Waals surface area (Å²) >= 11 is 0. The Bertz CT molecular complexity index is 416. The first-order chi connectivity index (χ1) is 9.74. The number of unbranched alkanes of at least 4 members (excludes halogenated alkanes) is 2. The zero-order chi connectivity index (χ0) is 14.4. The Morgan fingerprint density at radius 3 is 2.80 bits per heavy atom. The van der Waals surface area contributed by atoms with Gasteiger partial charge in [0.2, 0.25) is 0 Å². The number of aryl methyl sites for hydroxylation is 1. The van der Waals surface area contributed by atoms with Gasteiger partial charge in [-0.15, -0.1) is 0 Å². The second-order valence-corrected chi connectivity index (χ2v) is 6.02. The molecule has 1 heterocycles. The molecule has 0 aliphatic carbocycles. The van der Waals surface area contributed by atoms with E-state index in [9.17, 15) is 0 Å². The lowest BCUT2D eigenvalue weighted by Gasteiger charge is -2.33. The monoisotopic (exact) mass is 275 g/mol. The predicted molar refractivity (Wildman–Crippen MR) is 85.4 cm³/mol. The summed E-state index contributed by atoms with van der Waals surface area (Å²) in [7, 11) is 0. The number of ether oxygens (including phenoxy) is 1. The van der Waals surface area contributed by atoms with Crippen molar-refractivity contribution in [1.29, 1.82) is 0 Å². The highest BCUT2D eigenvalue weighted by molar-refractivity contribution is 5.40. The van der Waals surface area contributed by atoms with Gasteiger partial charge in [0.05, 0.1) is 0 Å². The van der Waals surface area contributed by atoms with Gasteiger partial charge in [-0.3, -0.25) is 0 Å². The summed E-state index contributed by atoms with van der Waals surface area (Å²) in [5, 5.41) is 3.70. The number of nitrogens with one attached hydrogen (secondary N) is 1. The normalized spacial score (nSPS) is 21.4. The molecule has 2 rings (SSSR count). The number of hydrogen-bond donors (Lipinski definition) is 1. The van der Waals surface area contributed by atoms with E-state index in [0.29, 0.717) is 12.1 Å². The van der Waals surface area contributed by atoms with Crippen molar-refractivity contribution in [2.24, 2.45) is 0 Å². The second-order valence-electron chi connectivity index (χ2n) is 6.02. The van der Waals surface area contributed by atoms with Crippen molar-refractivity contribution < 1.29 is 4.74 Å². The lowest BCUT2D eigenvalue weighted by Crippen LogP contribution is -2.33. The molecule has 1 aromatic rings. The summed E-state index contributed by atoms with van der Waals surface area (Å²) in [6.07, 6.45) is 7.73. The van der Waals surface area contributed by atoms with Gasteiger partial charge in [0.1, 0.15) is 11.9 Å². The summed E-state index contributed by atoms with van der Waals surface area (Å²) in [6, 6.07) is 7.05. The standard InChI is InChI=1S/C18H29NO/c1-4-6-7-8-15-13-17(19-11-5-2)16-12-14(3)9-10-18(16)20-15/h9-10,12,15,17,19H,4-8,11,13H2,1-3H3. The minimum Gasteiger partial charge on any atom is -0.490 e. The molecule has 0 fully saturated rings. The van der Waals surface area contributed by atoms with Crippen LogP contribution in [0.15, 0.2) is 18.2 Å². The van der Waals surface area contributed by atoms with Crippen molar-refractivity contribution in [3.05, 3.63) is 29.3 Å². The van der Waals surface area contributed by atoms with Crippen molar-refractivity contribution in [3.8, 4) is 5.75 Å². The molecule has 0 radical (unpaired) electrons. The molecule has 20 heavy (non-hydrogen) atoms. The Kier molecular flexibility index (Phi) is 5.90. The van der Waals surface area contributed by atoms with Gasteiger partial charge in [-0.05, 0) is 38.8 Å². The summed E-state index contributed by atoms with van der Waals surface area (Å²) < 4.78 is 6.20. The molecule has 1 aromatic carbocycles. The number of hydrogen-bond acceptors (Lipinski definition) is 2. The zero-order valence-corrected chi connectivity index (χ0v) is 13.2. The lowest BCUT2D eigenvalue weighted by molar-refractivity contribution is 0.138. The number of rotatable bonds is 7. The predicted octanol–water partition coefficient (Wildman–Crippen LogP) is 4.77. The molecule has 1 aliphatic heterocycles. The van der Waals surface area contributed by atoms with Crippen LogP contribution in [0.2, 0.25) is 0 Å². The maximum atomic E-state index is 6.20. The van der Waals surface area contributed by atoms with Crippen LogP contribution in [0.4, 0.5) is 0 Å². The third kappa shape index (κ3) is 3.99. The van der Waals surface area contributed by atoms with Gasteiger partial charge >= 0.3 is 0 Å². The highest BCUT2D eigenvalue weighted by Crippen LogP contribution is 2.36. The molecule has 0 bridgehead atoms. The molecule has 2 atom stereocenters. The Morgan fingerprint density at radius 2 is 2.05 bits per heavy atom. The average Bonchev–Trinajstić information content (AvgIpc) is 2.45. The molecular formula is C18H29NO. The van der Waals surface area contributed by atoms with E-state index in [0.717, 1.165) is 18.7 Å². The third-order valence-electron chi connectivity index (χ3n) is 4.10. The van der Waals surface area contributed by atoms with Gasteiger partial charge in [-0.25, -0.2) is 0 Å². The van der Waals surface area contributed by atoms with E-state index in [4.69, 9.17) is 4.74 Å². The van der Waals surface area contributed by atoms with Crippen LogP contribution < -0.4 is 10.1 Å². The molecule has 2 heteroatoms. The lowest BCUT2D eigenvalue weighted by atomic mass is 9.92. The summed E-state index contributed by atoms with van der Waals surface area (Å²) in [5.41, 5.74) is 2.67. The van der Waals surface area contributed by atoms with Crippen molar-refractivity contribution in [2.45, 2.75) is 71.4 Å². The Balaban J connectivity index is 2.07. The second kappa shape index (κ2) is 7.68. The molecule has 2 unspecified atom stereocenters. The Hall–Kier alpha value is -1.02. The number of fused-ring (bicyclic) bond motifs is 1. The molecule has 1 N–H and O–H groups in total. The van der Waals surface area contributed by atoms with Crippen LogP contribution in [0.3, 0.4) is 0 Å². The van der Waals surface area contributed by atoms with E-state index < -0.39 is 0 Å². The van der Waals surface area contributed by atoms with Crippen molar-refractivity contribution in [1.82, 2.24) is 5.32 Å². The van der Waals surface area contributed by atoms with Gasteiger partial charge in [0, 0.05) is 18.0 Å². The maximum absolute atomic E-state index is 6.20. The van der Waals surface area contributed by atoms with E-state index in [1.165, 1.54) is 43.2 Å². The Labute approximate surface area is 123 Å². The largest absolute Gasteiger partial charge is 0.490 e. The van der Waals surface area contributed by atoms with E-state index in [2.05, 4.69) is 44.3 Å². The van der Waals surface area contributed by atoms with Crippen LogP contribution in [0.5, 0.6) is 5.75 Å². The van der Waals surface area contributed by atoms with Gasteiger partial charge in [0.15, 0.2) is 0 Å². The first-order valence-electron chi connectivity index (χ1n) is 8.25. The van der Waals surface area contributed by atoms with E-state index in [-0.39, 0.29) is 0 Å². The van der Waals surface area contributed by atoms with E-state index in [1.54, 1.807) is 0 Å². The number of benzene rings is 1. The average molecular weight is 275 g/mol. The summed E-state index contributed by atoms with van der Waals surface area (Å²) in [5.74, 6) is 1.09.